The molecule has 0 heterocycles. The van der Waals surface area contributed by atoms with Crippen LogP contribution in [-0.2, 0) is 14.3 Å². The summed E-state index contributed by atoms with van der Waals surface area (Å²) in [5.74, 6) is -1.29. The number of hydrogen-bond acceptors (Lipinski definition) is 3. The minimum Gasteiger partial charge on any atom is -0.382 e. The molecule has 6 heteroatoms. The van der Waals surface area contributed by atoms with Crippen LogP contribution in [0.4, 0.5) is 8.78 Å². The number of ether oxygens (including phenoxy) is 2. The van der Waals surface area contributed by atoms with Gasteiger partial charge in [0.1, 0.15) is 0 Å². The SMILES string of the molecule is COCC(CNC(=O)C(F)F)OC. The Bertz CT molecular complexity index is 155. The number of carbonyl (C=O) groups excluding carboxylic acids is 1. The van der Waals surface area contributed by atoms with Crippen molar-refractivity contribution < 1.29 is 23.0 Å². The number of carbonyl (C=O) groups is 1. The Balaban J connectivity index is 3.65. The molecule has 1 N–H and O–H groups in total. The van der Waals surface area contributed by atoms with Crippen LogP contribution >= 0.6 is 0 Å². The maximum atomic E-state index is 11.7. The van der Waals surface area contributed by atoms with Crippen LogP contribution in [0.5, 0.6) is 0 Å². The van der Waals surface area contributed by atoms with E-state index >= 15 is 0 Å². The Morgan fingerprint density at radius 1 is 1.46 bits per heavy atom. The van der Waals surface area contributed by atoms with E-state index in [4.69, 9.17) is 9.47 Å². The molecule has 0 aromatic heterocycles. The second kappa shape index (κ2) is 6.73. The monoisotopic (exact) mass is 197 g/mol. The van der Waals surface area contributed by atoms with Crippen molar-refractivity contribution in [3.05, 3.63) is 0 Å². The fourth-order valence-corrected chi connectivity index (χ4v) is 0.688. The van der Waals surface area contributed by atoms with Crippen LogP contribution in [0.1, 0.15) is 0 Å². The number of halogens is 2. The van der Waals surface area contributed by atoms with E-state index in [1.54, 1.807) is 0 Å². The summed E-state index contributed by atoms with van der Waals surface area (Å²) in [6.45, 7) is 0.271. The lowest BCUT2D eigenvalue weighted by molar-refractivity contribution is -0.132. The van der Waals surface area contributed by atoms with Gasteiger partial charge in [0, 0.05) is 20.8 Å². The van der Waals surface area contributed by atoms with Crippen molar-refractivity contribution in [3.8, 4) is 0 Å². The van der Waals surface area contributed by atoms with Gasteiger partial charge >= 0.3 is 6.43 Å². The van der Waals surface area contributed by atoms with Crippen LogP contribution in [-0.4, -0.2) is 45.8 Å². The summed E-state index contributed by atoms with van der Waals surface area (Å²) in [4.78, 5) is 10.4. The van der Waals surface area contributed by atoms with Crippen molar-refractivity contribution in [3.63, 3.8) is 0 Å². The lowest BCUT2D eigenvalue weighted by Crippen LogP contribution is -2.38. The van der Waals surface area contributed by atoms with Gasteiger partial charge in [0.15, 0.2) is 0 Å². The molecule has 0 aliphatic carbocycles. The van der Waals surface area contributed by atoms with Crippen LogP contribution in [0.25, 0.3) is 0 Å². The summed E-state index contributed by atoms with van der Waals surface area (Å²) in [7, 11) is 2.87. The van der Waals surface area contributed by atoms with E-state index < -0.39 is 18.4 Å². The topological polar surface area (TPSA) is 47.6 Å². The van der Waals surface area contributed by atoms with E-state index in [0.29, 0.717) is 0 Å². The second-order valence-electron chi connectivity index (χ2n) is 2.36. The molecule has 0 aromatic carbocycles. The molecule has 78 valence electrons. The molecule has 0 rings (SSSR count). The third-order valence-corrected chi connectivity index (χ3v) is 1.39. The van der Waals surface area contributed by atoms with Gasteiger partial charge in [0.25, 0.3) is 5.91 Å². The van der Waals surface area contributed by atoms with Gasteiger partial charge in [-0.15, -0.1) is 0 Å². The van der Waals surface area contributed by atoms with Gasteiger partial charge in [0.2, 0.25) is 0 Å². The van der Waals surface area contributed by atoms with E-state index in [1.165, 1.54) is 14.2 Å². The van der Waals surface area contributed by atoms with Gasteiger partial charge in [-0.25, -0.2) is 0 Å². The Labute approximate surface area is 75.2 Å². The zero-order valence-corrected chi connectivity index (χ0v) is 7.55. The number of methoxy groups -OCH3 is 2. The minimum absolute atomic E-state index is 0.0213. The molecule has 0 aromatic rings. The smallest absolute Gasteiger partial charge is 0.315 e. The Kier molecular flexibility index (Phi) is 6.34. The first-order chi connectivity index (χ1) is 6.11. The maximum Gasteiger partial charge on any atom is 0.315 e. The fourth-order valence-electron chi connectivity index (χ4n) is 0.688. The third-order valence-electron chi connectivity index (χ3n) is 1.39. The quantitative estimate of drug-likeness (QED) is 0.653. The van der Waals surface area contributed by atoms with Gasteiger partial charge in [-0.05, 0) is 0 Å². The number of rotatable bonds is 6. The lowest BCUT2D eigenvalue weighted by atomic mass is 10.3. The molecule has 0 saturated carbocycles. The number of nitrogens with one attached hydrogen (secondary N) is 1. The molecule has 4 nitrogen and oxygen atoms in total. The first kappa shape index (κ1) is 12.2. The molecule has 0 aliphatic heterocycles. The largest absolute Gasteiger partial charge is 0.382 e. The van der Waals surface area contributed by atoms with Gasteiger partial charge in [-0.2, -0.15) is 8.78 Å². The van der Waals surface area contributed by atoms with Gasteiger partial charge in [-0.3, -0.25) is 4.79 Å². The average molecular weight is 197 g/mol. The molecule has 13 heavy (non-hydrogen) atoms. The number of alkyl halides is 2. The standard InChI is InChI=1S/C7H13F2NO3/c1-12-4-5(13-2)3-10-7(11)6(8)9/h5-6H,3-4H2,1-2H3,(H,10,11). The lowest BCUT2D eigenvalue weighted by Gasteiger charge is -2.14. The van der Waals surface area contributed by atoms with Crippen LogP contribution in [0.2, 0.25) is 0 Å². The molecule has 0 saturated heterocycles. The van der Waals surface area contributed by atoms with E-state index in [0.717, 1.165) is 0 Å². The molecule has 0 bridgehead atoms. The van der Waals surface area contributed by atoms with Crippen LogP contribution < -0.4 is 5.32 Å². The molecular formula is C7H13F2NO3. The summed E-state index contributed by atoms with van der Waals surface area (Å²) < 4.78 is 32.9. The van der Waals surface area contributed by atoms with Gasteiger partial charge in [0.05, 0.1) is 12.7 Å². The highest BCUT2D eigenvalue weighted by atomic mass is 19.3. The second-order valence-corrected chi connectivity index (χ2v) is 2.36. The summed E-state index contributed by atoms with van der Waals surface area (Å²) in [6.07, 6.45) is -3.38. The predicted molar refractivity (Wildman–Crippen MR) is 41.7 cm³/mol. The van der Waals surface area contributed by atoms with E-state index in [1.807, 2.05) is 5.32 Å². The fraction of sp³-hybridized carbons (Fsp3) is 0.857. The predicted octanol–water partition coefficient (Wildman–Crippen LogP) is 0.0291. The highest BCUT2D eigenvalue weighted by Gasteiger charge is 2.16. The molecule has 0 radical (unpaired) electrons. The van der Waals surface area contributed by atoms with Crippen LogP contribution in [0.15, 0.2) is 0 Å². The highest BCUT2D eigenvalue weighted by Crippen LogP contribution is 1.93. The summed E-state index contributed by atoms with van der Waals surface area (Å²) in [5.41, 5.74) is 0. The Morgan fingerprint density at radius 3 is 2.46 bits per heavy atom. The van der Waals surface area contributed by atoms with Crippen molar-refractivity contribution >= 4 is 5.91 Å². The van der Waals surface area contributed by atoms with Gasteiger partial charge in [-0.1, -0.05) is 0 Å². The summed E-state index contributed by atoms with van der Waals surface area (Å²) >= 11 is 0. The molecule has 0 aliphatic rings. The molecule has 1 amide bonds. The Morgan fingerprint density at radius 2 is 2.08 bits per heavy atom. The zero-order valence-electron chi connectivity index (χ0n) is 7.55. The van der Waals surface area contributed by atoms with E-state index in [9.17, 15) is 13.6 Å². The van der Waals surface area contributed by atoms with E-state index in [2.05, 4.69) is 0 Å². The first-order valence-corrected chi connectivity index (χ1v) is 3.69. The van der Waals surface area contributed by atoms with Crippen LogP contribution in [0.3, 0.4) is 0 Å². The number of hydrogen-bond donors (Lipinski definition) is 1. The zero-order chi connectivity index (χ0) is 10.3. The highest BCUT2D eigenvalue weighted by molar-refractivity contribution is 5.79. The maximum absolute atomic E-state index is 11.7. The van der Waals surface area contributed by atoms with Crippen molar-refractivity contribution in [1.29, 1.82) is 0 Å². The van der Waals surface area contributed by atoms with Gasteiger partial charge < -0.3 is 14.8 Å². The van der Waals surface area contributed by atoms with Crippen molar-refractivity contribution in [2.45, 2.75) is 12.5 Å². The third kappa shape index (κ3) is 5.48. The van der Waals surface area contributed by atoms with Crippen molar-refractivity contribution in [2.75, 3.05) is 27.4 Å². The van der Waals surface area contributed by atoms with Crippen molar-refractivity contribution in [2.24, 2.45) is 0 Å². The summed E-state index contributed by atoms with van der Waals surface area (Å²) in [5, 5.41) is 2.02. The first-order valence-electron chi connectivity index (χ1n) is 3.69. The number of amides is 1. The summed E-state index contributed by atoms with van der Waals surface area (Å²) in [6, 6.07) is 0. The Hall–Kier alpha value is -0.750. The molecule has 0 spiro atoms. The molecule has 0 fully saturated rings. The normalized spacial score (nSPS) is 13.0. The molecule has 1 unspecified atom stereocenters. The average Bonchev–Trinajstić information content (AvgIpc) is 2.11. The van der Waals surface area contributed by atoms with Crippen LogP contribution in [0, 0.1) is 0 Å². The molecular weight excluding hydrogens is 184 g/mol. The van der Waals surface area contributed by atoms with Crippen molar-refractivity contribution in [1.82, 2.24) is 5.32 Å². The minimum atomic E-state index is -2.99. The molecule has 1 atom stereocenters. The van der Waals surface area contributed by atoms with E-state index in [-0.39, 0.29) is 13.2 Å².